The van der Waals surface area contributed by atoms with E-state index in [-0.39, 0.29) is 29.0 Å². The minimum atomic E-state index is -0.232. The van der Waals surface area contributed by atoms with Crippen LogP contribution in [0.1, 0.15) is 60.2 Å². The first kappa shape index (κ1) is 32.6. The maximum absolute atomic E-state index is 12.0. The molecule has 1 aromatic heterocycles. The van der Waals surface area contributed by atoms with Crippen molar-refractivity contribution in [3.8, 4) is 11.5 Å². The van der Waals surface area contributed by atoms with Crippen LogP contribution in [0.2, 0.25) is 0 Å². The fourth-order valence-corrected chi connectivity index (χ4v) is 5.49. The molecule has 1 aliphatic rings. The molecule has 44 heavy (non-hydrogen) atoms. The molecule has 6 rings (SSSR count). The van der Waals surface area contributed by atoms with E-state index in [1.165, 1.54) is 22.8 Å². The van der Waals surface area contributed by atoms with Gasteiger partial charge in [-0.05, 0) is 62.4 Å². The fraction of sp³-hybridized carbons (Fsp3) is 0.237. The molecular weight excluding hydrogens is 570 g/mol. The highest BCUT2D eigenvalue weighted by Gasteiger charge is 2.19. The maximum Gasteiger partial charge on any atom is 0.196 e. The van der Waals surface area contributed by atoms with Gasteiger partial charge in [0.25, 0.3) is 0 Å². The van der Waals surface area contributed by atoms with Crippen LogP contribution in [0, 0.1) is 6.92 Å². The number of nitrogens with one attached hydrogen (secondary N) is 1. The number of phenols is 1. The minimum Gasteiger partial charge on any atom is -0.507 e. The molecule has 4 aromatic carbocycles. The molecule has 0 bridgehead atoms. The molecule has 228 valence electrons. The number of hydrogen-bond donors (Lipinski definition) is 2. The molecule has 6 heteroatoms. The average Bonchev–Trinajstić information content (AvgIpc) is 3.22. The van der Waals surface area contributed by atoms with Crippen molar-refractivity contribution in [2.45, 2.75) is 45.6 Å². The molecule has 0 radical (unpaired) electrons. The molecule has 5 aromatic rings. The largest absolute Gasteiger partial charge is 0.507 e. The van der Waals surface area contributed by atoms with Crippen LogP contribution in [0.4, 0.5) is 0 Å². The summed E-state index contributed by atoms with van der Waals surface area (Å²) in [6, 6.07) is 35.7. The van der Waals surface area contributed by atoms with Gasteiger partial charge in [0.2, 0.25) is 0 Å². The normalized spacial score (nSPS) is 13.0. The molecule has 0 aliphatic carbocycles. The Labute approximate surface area is 265 Å². The van der Waals surface area contributed by atoms with Gasteiger partial charge in [-0.25, -0.2) is 0 Å². The van der Waals surface area contributed by atoms with Crippen molar-refractivity contribution in [3.05, 3.63) is 153 Å². The van der Waals surface area contributed by atoms with E-state index >= 15 is 0 Å². The lowest BCUT2D eigenvalue weighted by Crippen LogP contribution is -2.21. The van der Waals surface area contributed by atoms with Crippen LogP contribution in [-0.2, 0) is 6.42 Å². The molecule has 0 spiro atoms. The molecule has 2 N–H and O–H groups in total. The minimum absolute atomic E-state index is 0. The fourth-order valence-electron chi connectivity index (χ4n) is 5.49. The number of benzene rings is 4. The molecule has 1 unspecified atom stereocenters. The van der Waals surface area contributed by atoms with E-state index < -0.39 is 0 Å². The molecule has 0 amide bonds. The SMILES string of the molecule is CC(NCCC(c1ccccc1)c1ccccc1)c1ccccc1.CC1=CCc2c(cc3oc(C)cc(=O)c3c2O)OC1.Cl. The van der Waals surface area contributed by atoms with Crippen molar-refractivity contribution in [3.63, 3.8) is 0 Å². The van der Waals surface area contributed by atoms with E-state index in [0.717, 1.165) is 18.5 Å². The zero-order chi connectivity index (χ0) is 30.2. The summed E-state index contributed by atoms with van der Waals surface area (Å²) in [5.74, 6) is 1.49. The number of fused-ring (bicyclic) bond motifs is 2. The Kier molecular flexibility index (Phi) is 11.4. The van der Waals surface area contributed by atoms with E-state index in [1.807, 2.05) is 13.0 Å². The van der Waals surface area contributed by atoms with Crippen LogP contribution in [0.5, 0.6) is 11.5 Å². The summed E-state index contributed by atoms with van der Waals surface area (Å²) in [6.45, 7) is 7.38. The Bertz CT molecular complexity index is 1690. The molecule has 5 nitrogen and oxygen atoms in total. The first-order valence-electron chi connectivity index (χ1n) is 14.9. The van der Waals surface area contributed by atoms with Crippen LogP contribution >= 0.6 is 12.4 Å². The number of aryl methyl sites for hydroxylation is 1. The molecule has 1 aliphatic heterocycles. The number of halogens is 1. The second-order valence-corrected chi connectivity index (χ2v) is 11.1. The van der Waals surface area contributed by atoms with Gasteiger partial charge in [0.05, 0.1) is 0 Å². The van der Waals surface area contributed by atoms with Gasteiger partial charge in [0, 0.05) is 29.7 Å². The van der Waals surface area contributed by atoms with Crippen molar-refractivity contribution in [1.82, 2.24) is 5.32 Å². The van der Waals surface area contributed by atoms with E-state index in [4.69, 9.17) is 9.15 Å². The van der Waals surface area contributed by atoms with Crippen molar-refractivity contribution in [2.24, 2.45) is 0 Å². The topological polar surface area (TPSA) is 71.7 Å². The lowest BCUT2D eigenvalue weighted by atomic mass is 9.88. The van der Waals surface area contributed by atoms with Crippen LogP contribution in [0.3, 0.4) is 0 Å². The third-order valence-corrected chi connectivity index (χ3v) is 7.88. The van der Waals surface area contributed by atoms with Gasteiger partial charge in [-0.3, -0.25) is 4.79 Å². The maximum atomic E-state index is 12.0. The van der Waals surface area contributed by atoms with E-state index in [0.29, 0.717) is 47.6 Å². The van der Waals surface area contributed by atoms with Crippen molar-refractivity contribution in [1.29, 1.82) is 0 Å². The Morgan fingerprint density at radius 3 is 2.00 bits per heavy atom. The molecule has 0 fully saturated rings. The Balaban J connectivity index is 0.000000201. The monoisotopic (exact) mass is 609 g/mol. The number of aromatic hydroxyl groups is 1. The predicted molar refractivity (Wildman–Crippen MR) is 181 cm³/mol. The van der Waals surface area contributed by atoms with Crippen LogP contribution in [0.15, 0.2) is 124 Å². The summed E-state index contributed by atoms with van der Waals surface area (Å²) in [4.78, 5) is 12.0. The quantitative estimate of drug-likeness (QED) is 0.181. The molecular formula is C38H40ClNO4. The lowest BCUT2D eigenvalue weighted by Gasteiger charge is -2.20. The molecule has 0 saturated carbocycles. The average molecular weight is 610 g/mol. The highest BCUT2D eigenvalue weighted by Crippen LogP contribution is 2.37. The number of phenolic OH excluding ortho intramolecular Hbond substituents is 1. The molecule has 2 heterocycles. The summed E-state index contributed by atoms with van der Waals surface area (Å²) in [5, 5.41) is 14.2. The van der Waals surface area contributed by atoms with Gasteiger partial charge in [0.1, 0.15) is 34.8 Å². The van der Waals surface area contributed by atoms with Crippen molar-refractivity contribution < 1.29 is 14.3 Å². The first-order valence-corrected chi connectivity index (χ1v) is 14.9. The van der Waals surface area contributed by atoms with Gasteiger partial charge in [-0.15, -0.1) is 12.4 Å². The number of rotatable bonds is 7. The van der Waals surface area contributed by atoms with Gasteiger partial charge in [0.15, 0.2) is 5.43 Å². The van der Waals surface area contributed by atoms with Crippen molar-refractivity contribution >= 4 is 23.4 Å². The van der Waals surface area contributed by atoms with Gasteiger partial charge in [-0.2, -0.15) is 0 Å². The van der Waals surface area contributed by atoms with Gasteiger partial charge >= 0.3 is 0 Å². The van der Waals surface area contributed by atoms with Gasteiger partial charge in [-0.1, -0.05) is 97.1 Å². The number of allylic oxidation sites excluding steroid dienone is 1. The predicted octanol–water partition coefficient (Wildman–Crippen LogP) is 8.67. The van der Waals surface area contributed by atoms with E-state index in [1.54, 1.807) is 13.0 Å². The highest BCUT2D eigenvalue weighted by molar-refractivity contribution is 5.87. The first-order chi connectivity index (χ1) is 20.9. The third-order valence-electron chi connectivity index (χ3n) is 7.88. The van der Waals surface area contributed by atoms with Gasteiger partial charge < -0.3 is 19.6 Å². The lowest BCUT2D eigenvalue weighted by molar-refractivity contribution is 0.349. The summed E-state index contributed by atoms with van der Waals surface area (Å²) in [7, 11) is 0. The Hall–Kier alpha value is -4.32. The Morgan fingerprint density at radius 1 is 0.841 bits per heavy atom. The number of hydrogen-bond acceptors (Lipinski definition) is 5. The van der Waals surface area contributed by atoms with Crippen LogP contribution in [0.25, 0.3) is 11.0 Å². The summed E-state index contributed by atoms with van der Waals surface area (Å²) in [6.07, 6.45) is 3.63. The van der Waals surface area contributed by atoms with E-state index in [2.05, 4.69) is 103 Å². The zero-order valence-electron chi connectivity index (χ0n) is 25.5. The van der Waals surface area contributed by atoms with E-state index in [9.17, 15) is 9.90 Å². The third kappa shape index (κ3) is 7.98. The smallest absolute Gasteiger partial charge is 0.196 e. The van der Waals surface area contributed by atoms with Crippen LogP contribution < -0.4 is 15.5 Å². The molecule has 1 atom stereocenters. The summed E-state index contributed by atoms with van der Waals surface area (Å²) < 4.78 is 11.1. The summed E-state index contributed by atoms with van der Waals surface area (Å²) >= 11 is 0. The zero-order valence-corrected chi connectivity index (χ0v) is 26.3. The van der Waals surface area contributed by atoms with Crippen molar-refractivity contribution in [2.75, 3.05) is 13.2 Å². The number of ether oxygens (including phenoxy) is 1. The molecule has 0 saturated heterocycles. The second kappa shape index (κ2) is 15.4. The van der Waals surface area contributed by atoms with Crippen LogP contribution in [-0.4, -0.2) is 18.3 Å². The Morgan fingerprint density at radius 2 is 1.41 bits per heavy atom. The standard InChI is InChI=1S/C23H25N.C15H14O4.ClH/c1-19(20-11-5-2-6-12-20)24-18-17-23(21-13-7-3-8-14-21)22-15-9-4-10-16-22;1-8-3-4-10-12(18-7-8)6-13-14(15(10)17)11(16)5-9(2)19-13;/h2-16,19,23-24H,17-18H2,1H3;3,5-6,17H,4,7H2,1-2H3;1H. The summed E-state index contributed by atoms with van der Waals surface area (Å²) in [5.41, 5.74) is 5.98. The second-order valence-electron chi connectivity index (χ2n) is 11.1. The highest BCUT2D eigenvalue weighted by atomic mass is 35.5.